The third-order valence-electron chi connectivity index (χ3n) is 4.71. The van der Waals surface area contributed by atoms with Gasteiger partial charge in [0.1, 0.15) is 0 Å². The molecule has 2 aromatic rings. The van der Waals surface area contributed by atoms with E-state index in [1.54, 1.807) is 32.4 Å². The van der Waals surface area contributed by atoms with Gasteiger partial charge in [0.2, 0.25) is 5.91 Å². The second-order valence-electron chi connectivity index (χ2n) is 6.78. The summed E-state index contributed by atoms with van der Waals surface area (Å²) < 4.78 is 21.6. The van der Waals surface area contributed by atoms with Gasteiger partial charge < -0.3 is 24.3 Å². The van der Waals surface area contributed by atoms with Gasteiger partial charge in [-0.15, -0.1) is 0 Å². The molecular formula is C23H28N2O5. The van der Waals surface area contributed by atoms with Crippen molar-refractivity contribution in [2.45, 2.75) is 32.7 Å². The van der Waals surface area contributed by atoms with Gasteiger partial charge >= 0.3 is 0 Å². The van der Waals surface area contributed by atoms with Crippen molar-refractivity contribution < 1.29 is 23.7 Å². The fraction of sp³-hybridized carbons (Fsp3) is 0.391. The van der Waals surface area contributed by atoms with Gasteiger partial charge in [-0.25, -0.2) is 0 Å². The van der Waals surface area contributed by atoms with Gasteiger partial charge in [0.25, 0.3) is 0 Å². The van der Waals surface area contributed by atoms with Crippen molar-refractivity contribution >= 4 is 5.91 Å². The predicted molar refractivity (Wildman–Crippen MR) is 113 cm³/mol. The number of ether oxygens (including phenoxy) is 4. The number of hydrogen-bond donors (Lipinski definition) is 1. The first kappa shape index (κ1) is 22.9. The van der Waals surface area contributed by atoms with Crippen LogP contribution in [-0.4, -0.2) is 33.8 Å². The highest BCUT2D eigenvalue weighted by molar-refractivity contribution is 5.76. The Morgan fingerprint density at radius 3 is 2.30 bits per heavy atom. The van der Waals surface area contributed by atoms with Crippen molar-refractivity contribution in [2.24, 2.45) is 0 Å². The molecule has 0 aliphatic heterocycles. The lowest BCUT2D eigenvalue weighted by atomic mass is 10.0. The summed E-state index contributed by atoms with van der Waals surface area (Å²) in [6.07, 6.45) is 0.877. The van der Waals surface area contributed by atoms with Crippen LogP contribution in [0.15, 0.2) is 30.3 Å². The van der Waals surface area contributed by atoms with E-state index in [2.05, 4.69) is 11.4 Å². The molecule has 0 aliphatic rings. The van der Waals surface area contributed by atoms with E-state index in [1.165, 1.54) is 7.11 Å². The van der Waals surface area contributed by atoms with Crippen molar-refractivity contribution in [3.05, 3.63) is 47.0 Å². The largest absolute Gasteiger partial charge is 0.493 e. The summed E-state index contributed by atoms with van der Waals surface area (Å²) in [6.45, 7) is 4.27. The number of amides is 1. The SMILES string of the molecule is COc1cc(C)c(C(C)NC(=O)CCCOc2ccc(C#N)cc2OC)cc1OC. The summed E-state index contributed by atoms with van der Waals surface area (Å²) in [5, 5.41) is 12.0. The van der Waals surface area contributed by atoms with Crippen LogP contribution in [0.1, 0.15) is 42.5 Å². The van der Waals surface area contributed by atoms with Gasteiger partial charge in [-0.3, -0.25) is 4.79 Å². The smallest absolute Gasteiger partial charge is 0.220 e. The maximum absolute atomic E-state index is 12.4. The van der Waals surface area contributed by atoms with Crippen molar-refractivity contribution in [2.75, 3.05) is 27.9 Å². The molecule has 2 aromatic carbocycles. The molecule has 7 nitrogen and oxygen atoms in total. The molecule has 1 amide bonds. The van der Waals surface area contributed by atoms with Crippen LogP contribution in [0.5, 0.6) is 23.0 Å². The highest BCUT2D eigenvalue weighted by atomic mass is 16.5. The van der Waals surface area contributed by atoms with E-state index in [9.17, 15) is 4.79 Å². The Balaban J connectivity index is 1.87. The van der Waals surface area contributed by atoms with Crippen LogP contribution in [0.3, 0.4) is 0 Å². The molecule has 1 atom stereocenters. The van der Waals surface area contributed by atoms with Crippen LogP contribution >= 0.6 is 0 Å². The third-order valence-corrected chi connectivity index (χ3v) is 4.71. The second kappa shape index (κ2) is 11.0. The van der Waals surface area contributed by atoms with Gasteiger partial charge in [0.15, 0.2) is 23.0 Å². The summed E-state index contributed by atoms with van der Waals surface area (Å²) in [4.78, 5) is 12.4. The number of nitrogens with zero attached hydrogens (tertiary/aromatic N) is 1. The van der Waals surface area contributed by atoms with E-state index in [1.807, 2.05) is 26.0 Å². The topological polar surface area (TPSA) is 89.8 Å². The summed E-state index contributed by atoms with van der Waals surface area (Å²) in [5.74, 6) is 2.27. The third kappa shape index (κ3) is 5.80. The minimum Gasteiger partial charge on any atom is -0.493 e. The maximum Gasteiger partial charge on any atom is 0.220 e. The molecule has 0 fully saturated rings. The molecule has 0 aliphatic carbocycles. The van der Waals surface area contributed by atoms with Gasteiger partial charge in [0.05, 0.1) is 45.6 Å². The minimum absolute atomic E-state index is 0.0629. The van der Waals surface area contributed by atoms with Gasteiger partial charge in [-0.2, -0.15) is 5.26 Å². The molecule has 2 rings (SSSR count). The van der Waals surface area contributed by atoms with Crippen LogP contribution in [0.25, 0.3) is 0 Å². The van der Waals surface area contributed by atoms with Crippen molar-refractivity contribution in [1.82, 2.24) is 5.32 Å². The Kier molecular flexibility index (Phi) is 8.36. The lowest BCUT2D eigenvalue weighted by molar-refractivity contribution is -0.121. The summed E-state index contributed by atoms with van der Waals surface area (Å²) >= 11 is 0. The van der Waals surface area contributed by atoms with E-state index in [4.69, 9.17) is 24.2 Å². The number of methoxy groups -OCH3 is 3. The number of nitriles is 1. The molecule has 0 aromatic heterocycles. The standard InChI is InChI=1S/C23H28N2O5/c1-15-11-20(27-3)22(29-5)13-18(15)16(2)25-23(26)7-6-10-30-19-9-8-17(14-24)12-21(19)28-4/h8-9,11-13,16H,6-7,10H2,1-5H3,(H,25,26). The highest BCUT2D eigenvalue weighted by Crippen LogP contribution is 2.33. The average molecular weight is 412 g/mol. The Morgan fingerprint density at radius 1 is 1.03 bits per heavy atom. The van der Waals surface area contributed by atoms with E-state index < -0.39 is 0 Å². The lowest BCUT2D eigenvalue weighted by Crippen LogP contribution is -2.27. The monoisotopic (exact) mass is 412 g/mol. The minimum atomic E-state index is -0.170. The predicted octanol–water partition coefficient (Wildman–Crippen LogP) is 3.93. The van der Waals surface area contributed by atoms with E-state index >= 15 is 0 Å². The Labute approximate surface area is 177 Å². The van der Waals surface area contributed by atoms with E-state index in [0.717, 1.165) is 11.1 Å². The second-order valence-corrected chi connectivity index (χ2v) is 6.78. The van der Waals surface area contributed by atoms with Crippen molar-refractivity contribution in [3.8, 4) is 29.1 Å². The molecule has 0 bridgehead atoms. The fourth-order valence-corrected chi connectivity index (χ4v) is 3.13. The molecule has 0 saturated heterocycles. The van der Waals surface area contributed by atoms with Crippen LogP contribution in [0.2, 0.25) is 0 Å². The summed E-state index contributed by atoms with van der Waals surface area (Å²) in [6, 6.07) is 10.7. The molecule has 1 unspecified atom stereocenters. The molecule has 0 radical (unpaired) electrons. The Bertz CT molecular complexity index is 921. The number of aryl methyl sites for hydroxylation is 1. The van der Waals surface area contributed by atoms with Gasteiger partial charge in [-0.05, 0) is 55.7 Å². The number of rotatable bonds is 10. The maximum atomic E-state index is 12.4. The normalized spacial score (nSPS) is 11.2. The zero-order chi connectivity index (χ0) is 22.1. The van der Waals surface area contributed by atoms with Gasteiger partial charge in [-0.1, -0.05) is 0 Å². The number of carbonyl (C=O) groups excluding carboxylic acids is 1. The fourth-order valence-electron chi connectivity index (χ4n) is 3.13. The Morgan fingerprint density at radius 2 is 1.67 bits per heavy atom. The van der Waals surface area contributed by atoms with E-state index in [-0.39, 0.29) is 11.9 Å². The van der Waals surface area contributed by atoms with E-state index in [0.29, 0.717) is 48.0 Å². The summed E-state index contributed by atoms with van der Waals surface area (Å²) in [5.41, 5.74) is 2.48. The lowest BCUT2D eigenvalue weighted by Gasteiger charge is -2.19. The first-order valence-corrected chi connectivity index (χ1v) is 9.66. The molecule has 160 valence electrons. The van der Waals surface area contributed by atoms with Crippen LogP contribution in [0, 0.1) is 18.3 Å². The first-order chi connectivity index (χ1) is 14.4. The molecule has 0 saturated carbocycles. The first-order valence-electron chi connectivity index (χ1n) is 9.66. The van der Waals surface area contributed by atoms with Crippen LogP contribution in [0.4, 0.5) is 0 Å². The zero-order valence-corrected chi connectivity index (χ0v) is 18.1. The molecule has 30 heavy (non-hydrogen) atoms. The average Bonchev–Trinajstić information content (AvgIpc) is 2.76. The molecule has 0 spiro atoms. The number of benzene rings is 2. The molecular weight excluding hydrogens is 384 g/mol. The van der Waals surface area contributed by atoms with Gasteiger partial charge in [0, 0.05) is 12.5 Å². The quantitative estimate of drug-likeness (QED) is 0.595. The number of carbonyl (C=O) groups is 1. The molecule has 0 heterocycles. The van der Waals surface area contributed by atoms with Crippen LogP contribution < -0.4 is 24.3 Å². The summed E-state index contributed by atoms with van der Waals surface area (Å²) in [7, 11) is 4.70. The highest BCUT2D eigenvalue weighted by Gasteiger charge is 2.16. The van der Waals surface area contributed by atoms with Crippen LogP contribution in [-0.2, 0) is 4.79 Å². The number of nitrogens with one attached hydrogen (secondary N) is 1. The van der Waals surface area contributed by atoms with Crippen molar-refractivity contribution in [1.29, 1.82) is 5.26 Å². The zero-order valence-electron chi connectivity index (χ0n) is 18.1. The van der Waals surface area contributed by atoms with Crippen molar-refractivity contribution in [3.63, 3.8) is 0 Å². The molecule has 1 N–H and O–H groups in total. The Hall–Kier alpha value is -3.40. The number of hydrogen-bond acceptors (Lipinski definition) is 6. The molecule has 7 heteroatoms.